The first-order chi connectivity index (χ1) is 10.8. The van der Waals surface area contributed by atoms with Crippen LogP contribution in [0.3, 0.4) is 0 Å². The van der Waals surface area contributed by atoms with Crippen LogP contribution in [0, 0.1) is 0 Å². The number of nitrogens with zero attached hydrogens (tertiary/aromatic N) is 2. The van der Waals surface area contributed by atoms with Crippen LogP contribution in [0.4, 0.5) is 30.4 Å². The number of nitrogens with one attached hydrogen (secondary N) is 2. The van der Waals surface area contributed by atoms with Crippen LogP contribution in [0.25, 0.3) is 0 Å². The van der Waals surface area contributed by atoms with E-state index in [1.54, 1.807) is 25.1 Å². The number of rotatable bonds is 2. The first-order valence-corrected chi connectivity index (χ1v) is 6.62. The van der Waals surface area contributed by atoms with Gasteiger partial charge < -0.3 is 15.4 Å². The summed E-state index contributed by atoms with van der Waals surface area (Å²) in [7, 11) is 0. The number of amides is 1. The van der Waals surface area contributed by atoms with Crippen LogP contribution < -0.4 is 15.4 Å². The van der Waals surface area contributed by atoms with Crippen LogP contribution in [-0.2, 0) is 11.0 Å². The van der Waals surface area contributed by atoms with E-state index in [4.69, 9.17) is 4.74 Å². The van der Waals surface area contributed by atoms with Crippen LogP contribution in [0.2, 0.25) is 0 Å². The van der Waals surface area contributed by atoms with Crippen LogP contribution in [0.15, 0.2) is 30.3 Å². The van der Waals surface area contributed by atoms with Gasteiger partial charge in [-0.05, 0) is 37.3 Å². The molecule has 1 aliphatic heterocycles. The number of hydrogen-bond acceptors (Lipinski definition) is 5. The van der Waals surface area contributed by atoms with Gasteiger partial charge in [0.2, 0.25) is 0 Å². The van der Waals surface area contributed by atoms with Crippen molar-refractivity contribution >= 4 is 23.1 Å². The van der Waals surface area contributed by atoms with E-state index in [-0.39, 0.29) is 11.7 Å². The monoisotopic (exact) mass is 324 g/mol. The number of fused-ring (bicyclic) bond motifs is 1. The molecule has 2 N–H and O–H groups in total. The van der Waals surface area contributed by atoms with Crippen LogP contribution in [0.1, 0.15) is 12.6 Å². The lowest BCUT2D eigenvalue weighted by Crippen LogP contribution is -2.34. The third kappa shape index (κ3) is 3.17. The second-order valence-corrected chi connectivity index (χ2v) is 4.89. The van der Waals surface area contributed by atoms with E-state index in [9.17, 15) is 18.0 Å². The highest BCUT2D eigenvalue weighted by atomic mass is 19.4. The van der Waals surface area contributed by atoms with Crippen molar-refractivity contribution in [3.8, 4) is 5.75 Å². The zero-order valence-electron chi connectivity index (χ0n) is 11.8. The number of aromatic nitrogens is 2. The topological polar surface area (TPSA) is 76.1 Å². The number of benzene rings is 1. The maximum absolute atomic E-state index is 12.4. The van der Waals surface area contributed by atoms with Crippen molar-refractivity contribution < 1.29 is 22.7 Å². The fourth-order valence-electron chi connectivity index (χ4n) is 1.98. The lowest BCUT2D eigenvalue weighted by Gasteiger charge is -2.23. The van der Waals surface area contributed by atoms with Gasteiger partial charge in [-0.15, -0.1) is 10.2 Å². The second kappa shape index (κ2) is 5.41. The molecule has 3 rings (SSSR count). The zero-order valence-corrected chi connectivity index (χ0v) is 11.8. The van der Waals surface area contributed by atoms with E-state index < -0.39 is 18.0 Å². The predicted octanol–water partition coefficient (Wildman–Crippen LogP) is 2.96. The molecule has 1 aromatic carbocycles. The Kier molecular flexibility index (Phi) is 3.55. The average molecular weight is 324 g/mol. The minimum atomic E-state index is -4.53. The Bertz CT molecular complexity index is 747. The lowest BCUT2D eigenvalue weighted by atomic mass is 10.2. The van der Waals surface area contributed by atoms with E-state index in [1.165, 1.54) is 6.07 Å². The molecule has 23 heavy (non-hydrogen) atoms. The SMILES string of the molecule is CC1Oc2ccc(Nc3ccc(C(F)(F)F)nn3)cc2NC1=O. The molecule has 2 heterocycles. The summed E-state index contributed by atoms with van der Waals surface area (Å²) in [6, 6.07) is 6.90. The van der Waals surface area contributed by atoms with Gasteiger partial charge in [0.15, 0.2) is 17.6 Å². The van der Waals surface area contributed by atoms with Crippen molar-refractivity contribution in [3.63, 3.8) is 0 Å². The normalized spacial score (nSPS) is 17.0. The largest absolute Gasteiger partial charge is 0.479 e. The summed E-state index contributed by atoms with van der Waals surface area (Å²) in [5.74, 6) is 0.388. The number of carbonyl (C=O) groups excluding carboxylic acids is 1. The molecule has 1 amide bonds. The summed E-state index contributed by atoms with van der Waals surface area (Å²) in [6.45, 7) is 1.63. The Morgan fingerprint density at radius 3 is 2.65 bits per heavy atom. The van der Waals surface area contributed by atoms with Gasteiger partial charge in [0.05, 0.1) is 5.69 Å². The Labute approximate surface area is 128 Å². The van der Waals surface area contributed by atoms with Gasteiger partial charge in [0.25, 0.3) is 5.91 Å². The molecular formula is C14H11F3N4O2. The molecule has 1 unspecified atom stereocenters. The van der Waals surface area contributed by atoms with Gasteiger partial charge in [0, 0.05) is 5.69 Å². The highest BCUT2D eigenvalue weighted by Gasteiger charge is 2.32. The molecule has 0 saturated carbocycles. The lowest BCUT2D eigenvalue weighted by molar-refractivity contribution is -0.141. The standard InChI is InChI=1S/C14H11F3N4O2/c1-7-13(22)19-9-6-8(2-3-10(9)23-7)18-12-5-4-11(20-21-12)14(15,16)17/h2-7H,1H3,(H,18,21)(H,19,22). The van der Waals surface area contributed by atoms with Crippen molar-refractivity contribution in [3.05, 3.63) is 36.0 Å². The summed E-state index contributed by atoms with van der Waals surface area (Å²) < 4.78 is 42.7. The molecule has 0 bridgehead atoms. The molecule has 120 valence electrons. The van der Waals surface area contributed by atoms with Crippen molar-refractivity contribution in [2.45, 2.75) is 19.2 Å². The fraction of sp³-hybridized carbons (Fsp3) is 0.214. The Morgan fingerprint density at radius 2 is 2.00 bits per heavy atom. The molecule has 1 atom stereocenters. The molecule has 0 saturated heterocycles. The first-order valence-electron chi connectivity index (χ1n) is 6.62. The maximum Gasteiger partial charge on any atom is 0.435 e. The van der Waals surface area contributed by atoms with Crippen molar-refractivity contribution in [1.29, 1.82) is 0 Å². The van der Waals surface area contributed by atoms with Gasteiger partial charge in [-0.3, -0.25) is 4.79 Å². The van der Waals surface area contributed by atoms with Gasteiger partial charge in [-0.2, -0.15) is 13.2 Å². The Hall–Kier alpha value is -2.84. The van der Waals surface area contributed by atoms with Crippen molar-refractivity contribution in [2.24, 2.45) is 0 Å². The predicted molar refractivity (Wildman–Crippen MR) is 75.5 cm³/mol. The van der Waals surface area contributed by atoms with E-state index >= 15 is 0 Å². The zero-order chi connectivity index (χ0) is 16.6. The second-order valence-electron chi connectivity index (χ2n) is 4.89. The minimum absolute atomic E-state index is 0.148. The third-order valence-electron chi connectivity index (χ3n) is 3.14. The average Bonchev–Trinajstić information content (AvgIpc) is 2.48. The molecule has 0 fully saturated rings. The summed E-state index contributed by atoms with van der Waals surface area (Å²) in [5, 5.41) is 12.1. The van der Waals surface area contributed by atoms with E-state index in [0.29, 0.717) is 17.1 Å². The Morgan fingerprint density at radius 1 is 1.22 bits per heavy atom. The molecular weight excluding hydrogens is 313 g/mol. The smallest absolute Gasteiger partial charge is 0.435 e. The van der Waals surface area contributed by atoms with Gasteiger partial charge in [-0.1, -0.05) is 0 Å². The summed E-state index contributed by atoms with van der Waals surface area (Å²) in [6.07, 6.45) is -5.11. The number of anilines is 3. The van der Waals surface area contributed by atoms with Gasteiger partial charge in [-0.25, -0.2) is 0 Å². The van der Waals surface area contributed by atoms with E-state index in [1.807, 2.05) is 0 Å². The molecule has 9 heteroatoms. The quantitative estimate of drug-likeness (QED) is 0.888. The molecule has 0 radical (unpaired) electrons. The molecule has 2 aromatic rings. The number of hydrogen-bond donors (Lipinski definition) is 2. The Balaban J connectivity index is 1.79. The number of carbonyl (C=O) groups is 1. The molecule has 1 aliphatic rings. The van der Waals surface area contributed by atoms with Crippen molar-refractivity contribution in [2.75, 3.05) is 10.6 Å². The van der Waals surface area contributed by atoms with Gasteiger partial charge in [0.1, 0.15) is 5.75 Å². The van der Waals surface area contributed by atoms with Gasteiger partial charge >= 0.3 is 6.18 Å². The van der Waals surface area contributed by atoms with E-state index in [2.05, 4.69) is 20.8 Å². The third-order valence-corrected chi connectivity index (χ3v) is 3.14. The first kappa shape index (κ1) is 15.1. The number of alkyl halides is 3. The molecule has 1 aromatic heterocycles. The molecule has 0 aliphatic carbocycles. The van der Waals surface area contributed by atoms with E-state index in [0.717, 1.165) is 6.07 Å². The number of ether oxygens (including phenoxy) is 1. The summed E-state index contributed by atoms with van der Waals surface area (Å²) >= 11 is 0. The molecule has 6 nitrogen and oxygen atoms in total. The summed E-state index contributed by atoms with van der Waals surface area (Å²) in [5.41, 5.74) is -0.0719. The highest BCUT2D eigenvalue weighted by molar-refractivity contribution is 5.98. The van der Waals surface area contributed by atoms with Crippen LogP contribution in [0.5, 0.6) is 5.75 Å². The van der Waals surface area contributed by atoms with Crippen molar-refractivity contribution in [1.82, 2.24) is 10.2 Å². The van der Waals surface area contributed by atoms with Crippen LogP contribution in [-0.4, -0.2) is 22.2 Å². The van der Waals surface area contributed by atoms with Crippen LogP contribution >= 0.6 is 0 Å². The minimum Gasteiger partial charge on any atom is -0.479 e. The molecule has 0 spiro atoms. The fourth-order valence-corrected chi connectivity index (χ4v) is 1.98. The summed E-state index contributed by atoms with van der Waals surface area (Å²) in [4.78, 5) is 11.6. The highest BCUT2D eigenvalue weighted by Crippen LogP contribution is 2.33. The number of halogens is 3. The maximum atomic E-state index is 12.4.